The van der Waals surface area contributed by atoms with E-state index in [0.717, 1.165) is 92.3 Å². The summed E-state index contributed by atoms with van der Waals surface area (Å²) in [5.41, 5.74) is 21.4. The molecule has 0 unspecified atom stereocenters. The fourth-order valence-corrected chi connectivity index (χ4v) is 11.1. The number of benzene rings is 9. The number of unbranched alkanes of at least 4 members (excludes halogenated alkanes) is 2. The molecule has 0 aliphatic carbocycles. The monoisotopic (exact) mass is 864 g/mol. The number of hydrogen-bond donors (Lipinski definition) is 0. The van der Waals surface area contributed by atoms with Crippen molar-refractivity contribution in [3.63, 3.8) is 0 Å². The number of fused-ring (bicyclic) bond motifs is 11. The van der Waals surface area contributed by atoms with Crippen molar-refractivity contribution in [1.29, 1.82) is 0 Å². The minimum Gasteiger partial charge on any atom is -0.456 e. The molecule has 322 valence electrons. The molecular weight excluding hydrogens is 816 g/mol. The predicted molar refractivity (Wildman–Crippen MR) is 283 cm³/mol. The molecule has 0 radical (unpaired) electrons. The van der Waals surface area contributed by atoms with E-state index >= 15 is 0 Å². The van der Waals surface area contributed by atoms with Crippen molar-refractivity contribution in [2.75, 3.05) is 9.71 Å². The molecule has 0 saturated carbocycles. The van der Waals surface area contributed by atoms with E-state index in [1.807, 2.05) is 0 Å². The summed E-state index contributed by atoms with van der Waals surface area (Å²) in [7, 11) is 0. The van der Waals surface area contributed by atoms with Gasteiger partial charge >= 0.3 is 6.85 Å². The maximum Gasteiger partial charge on any atom is 0.333 e. The Kier molecular flexibility index (Phi) is 9.45. The zero-order chi connectivity index (χ0) is 44.6. The number of aryl methyl sites for hydroxylation is 2. The minimum atomic E-state index is -0.215. The van der Waals surface area contributed by atoms with Crippen LogP contribution in [0, 0.1) is 0 Å². The molecule has 67 heavy (non-hydrogen) atoms. The lowest BCUT2D eigenvalue weighted by Crippen LogP contribution is -2.61. The van der Waals surface area contributed by atoms with E-state index in [1.165, 1.54) is 74.0 Å². The van der Waals surface area contributed by atoms with E-state index in [0.29, 0.717) is 0 Å². The van der Waals surface area contributed by atoms with Gasteiger partial charge in [0.2, 0.25) is 0 Å². The highest BCUT2D eigenvalue weighted by Crippen LogP contribution is 2.53. The summed E-state index contributed by atoms with van der Waals surface area (Å²) in [4.78, 5) is 5.15. The minimum absolute atomic E-state index is 0.215. The van der Waals surface area contributed by atoms with Gasteiger partial charge < -0.3 is 18.5 Å². The zero-order valence-electron chi connectivity index (χ0n) is 37.9. The SMILES string of the molecule is CCCCc1ccc(N2B3c4cc5c(cc4N(c4ccc(CCCC)cc4-c4ccccc4)c4c3c(cc3c4oc4ccccc43)-c3cc(-c4ccccc4)ccc32)oc2ccccc25)cc1. The second-order valence-corrected chi connectivity index (χ2v) is 18.5. The van der Waals surface area contributed by atoms with Gasteiger partial charge in [0.1, 0.15) is 16.7 Å². The lowest BCUT2D eigenvalue weighted by atomic mass is 9.43. The normalized spacial score (nSPS) is 12.9. The van der Waals surface area contributed by atoms with Gasteiger partial charge in [-0.2, -0.15) is 0 Å². The Morgan fingerprint density at radius 3 is 1.82 bits per heavy atom. The second kappa shape index (κ2) is 16.0. The van der Waals surface area contributed by atoms with Gasteiger partial charge in [-0.25, -0.2) is 0 Å². The van der Waals surface area contributed by atoms with Gasteiger partial charge in [0, 0.05) is 55.8 Å². The summed E-state index contributed by atoms with van der Waals surface area (Å²) in [6.07, 6.45) is 6.71. The van der Waals surface area contributed by atoms with Crippen LogP contribution in [0.15, 0.2) is 197 Å². The first-order valence-electron chi connectivity index (χ1n) is 24.1. The van der Waals surface area contributed by atoms with Crippen LogP contribution in [-0.2, 0) is 12.8 Å². The molecule has 0 N–H and O–H groups in total. The summed E-state index contributed by atoms with van der Waals surface area (Å²) in [5.74, 6) is 0. The van der Waals surface area contributed by atoms with Gasteiger partial charge in [0.25, 0.3) is 0 Å². The third-order valence-corrected chi connectivity index (χ3v) is 14.4. The van der Waals surface area contributed by atoms with Crippen LogP contribution in [0.1, 0.15) is 50.7 Å². The fourth-order valence-electron chi connectivity index (χ4n) is 11.1. The number of rotatable bonds is 10. The van der Waals surface area contributed by atoms with Crippen molar-refractivity contribution >= 4 is 90.1 Å². The Morgan fingerprint density at radius 2 is 1.07 bits per heavy atom. The van der Waals surface area contributed by atoms with Gasteiger partial charge in [0.05, 0.1) is 11.4 Å². The zero-order valence-corrected chi connectivity index (χ0v) is 37.9. The van der Waals surface area contributed by atoms with Crippen molar-refractivity contribution in [3.05, 3.63) is 199 Å². The molecule has 2 aliphatic rings. The molecule has 13 rings (SSSR count). The molecule has 0 saturated heterocycles. The summed E-state index contributed by atoms with van der Waals surface area (Å²) < 4.78 is 14.1. The van der Waals surface area contributed by atoms with Gasteiger partial charge in [0.15, 0.2) is 5.58 Å². The maximum absolute atomic E-state index is 7.24. The number of anilines is 5. The Morgan fingerprint density at radius 1 is 0.433 bits per heavy atom. The number of para-hydroxylation sites is 2. The Hall–Kier alpha value is -7.76. The topological polar surface area (TPSA) is 32.8 Å². The van der Waals surface area contributed by atoms with Gasteiger partial charge in [-0.15, -0.1) is 0 Å². The third-order valence-electron chi connectivity index (χ3n) is 14.4. The summed E-state index contributed by atoms with van der Waals surface area (Å²) in [6, 6.07) is 69.6. The van der Waals surface area contributed by atoms with Crippen LogP contribution in [0.2, 0.25) is 0 Å². The Bertz CT molecular complexity index is 3680. The molecule has 0 amide bonds. The standard InChI is InChI=1S/C62H49BN2O2/c1-3-5-17-40-27-31-45(32-28-40)65-55-34-30-44(42-19-9-7-10-20-42)36-49(55)51-37-52-47-24-14-16-26-58(47)67-62(52)61-60(51)63(65)53-38-50-46-23-13-15-25-57(46)66-59(50)39-56(53)64(61)54-33-29-41(18-6-4-2)35-48(54)43-21-11-8-12-22-43/h7-16,19-39H,3-6,17-18H2,1-2H3. The van der Waals surface area contributed by atoms with Crippen LogP contribution in [-0.4, -0.2) is 6.85 Å². The van der Waals surface area contributed by atoms with Crippen LogP contribution in [0.3, 0.4) is 0 Å². The first kappa shape index (κ1) is 39.6. The van der Waals surface area contributed by atoms with Crippen molar-refractivity contribution in [2.24, 2.45) is 0 Å². The quantitative estimate of drug-likeness (QED) is 0.128. The van der Waals surface area contributed by atoms with Crippen molar-refractivity contribution < 1.29 is 8.83 Å². The lowest BCUT2D eigenvalue weighted by Gasteiger charge is -2.46. The van der Waals surface area contributed by atoms with Crippen LogP contribution >= 0.6 is 0 Å². The van der Waals surface area contributed by atoms with E-state index in [1.54, 1.807) is 0 Å². The summed E-state index contributed by atoms with van der Waals surface area (Å²) in [6.45, 7) is 4.33. The van der Waals surface area contributed by atoms with Crippen molar-refractivity contribution in [1.82, 2.24) is 0 Å². The van der Waals surface area contributed by atoms with Crippen LogP contribution in [0.4, 0.5) is 28.4 Å². The molecule has 4 nitrogen and oxygen atoms in total. The molecule has 2 aliphatic heterocycles. The highest BCUT2D eigenvalue weighted by molar-refractivity contribution is 6.94. The maximum atomic E-state index is 7.24. The van der Waals surface area contributed by atoms with E-state index in [4.69, 9.17) is 8.83 Å². The molecular formula is C62H49BN2O2. The molecule has 0 bridgehead atoms. The van der Waals surface area contributed by atoms with Gasteiger partial charge in [-0.1, -0.05) is 154 Å². The molecule has 0 atom stereocenters. The first-order valence-corrected chi connectivity index (χ1v) is 24.1. The first-order chi connectivity index (χ1) is 33.1. The van der Waals surface area contributed by atoms with Crippen LogP contribution in [0.5, 0.6) is 0 Å². The molecule has 0 fully saturated rings. The van der Waals surface area contributed by atoms with Gasteiger partial charge in [-0.3, -0.25) is 0 Å². The molecule has 9 aromatic carbocycles. The van der Waals surface area contributed by atoms with Crippen molar-refractivity contribution in [3.8, 4) is 33.4 Å². The van der Waals surface area contributed by atoms with E-state index < -0.39 is 0 Å². The average Bonchev–Trinajstić information content (AvgIpc) is 3.95. The molecule has 4 heterocycles. The predicted octanol–water partition coefficient (Wildman–Crippen LogP) is 16.2. The Labute approximate surface area is 391 Å². The number of furan rings is 2. The summed E-state index contributed by atoms with van der Waals surface area (Å²) in [5, 5.41) is 4.44. The van der Waals surface area contributed by atoms with E-state index in [-0.39, 0.29) is 6.85 Å². The smallest absolute Gasteiger partial charge is 0.333 e. The van der Waals surface area contributed by atoms with E-state index in [9.17, 15) is 0 Å². The number of hydrogen-bond acceptors (Lipinski definition) is 4. The molecule has 5 heteroatoms. The lowest BCUT2D eigenvalue weighted by molar-refractivity contribution is 0.667. The number of nitrogens with zero attached hydrogens (tertiary/aromatic N) is 2. The average molecular weight is 865 g/mol. The van der Waals surface area contributed by atoms with Crippen LogP contribution < -0.4 is 20.6 Å². The fraction of sp³-hybridized carbons (Fsp3) is 0.129. The third kappa shape index (κ3) is 6.36. The Balaban J connectivity index is 1.19. The molecule has 0 spiro atoms. The van der Waals surface area contributed by atoms with Crippen LogP contribution in [0.25, 0.3) is 77.3 Å². The second-order valence-electron chi connectivity index (χ2n) is 18.5. The molecule has 11 aromatic rings. The van der Waals surface area contributed by atoms with E-state index in [2.05, 4.69) is 212 Å². The molecule has 2 aromatic heterocycles. The largest absolute Gasteiger partial charge is 0.456 e. The van der Waals surface area contributed by atoms with Crippen molar-refractivity contribution in [2.45, 2.75) is 52.4 Å². The highest BCUT2D eigenvalue weighted by atomic mass is 16.3. The highest BCUT2D eigenvalue weighted by Gasteiger charge is 2.47. The van der Waals surface area contributed by atoms with Gasteiger partial charge in [-0.05, 0) is 125 Å². The summed E-state index contributed by atoms with van der Waals surface area (Å²) >= 11 is 0.